The molecule has 0 fully saturated rings. The van der Waals surface area contributed by atoms with Crippen molar-refractivity contribution in [2.75, 3.05) is 38.0 Å². The van der Waals surface area contributed by atoms with Gasteiger partial charge in [-0.2, -0.15) is 4.37 Å². The summed E-state index contributed by atoms with van der Waals surface area (Å²) in [5, 5.41) is 2.55. The predicted molar refractivity (Wildman–Crippen MR) is 145 cm³/mol. The Labute approximate surface area is 229 Å². The van der Waals surface area contributed by atoms with Crippen LogP contribution in [-0.2, 0) is 14.3 Å². The quantitative estimate of drug-likeness (QED) is 0.299. The summed E-state index contributed by atoms with van der Waals surface area (Å²) >= 11 is 0.687. The van der Waals surface area contributed by atoms with Crippen LogP contribution in [0.2, 0.25) is 0 Å². The average Bonchev–Trinajstić information content (AvgIpc) is 3.31. The summed E-state index contributed by atoms with van der Waals surface area (Å²) < 4.78 is 19.6. The maximum Gasteiger partial charge on any atom is 0.325 e. The fraction of sp³-hybridized carbons (Fsp3) is 0.269. The van der Waals surface area contributed by atoms with Gasteiger partial charge in [-0.3, -0.25) is 24.1 Å². The van der Waals surface area contributed by atoms with Crippen molar-refractivity contribution in [2.24, 2.45) is 5.73 Å². The molecule has 12 nitrogen and oxygen atoms in total. The molecule has 0 saturated carbocycles. The van der Waals surface area contributed by atoms with E-state index in [4.69, 9.17) is 25.7 Å². The summed E-state index contributed by atoms with van der Waals surface area (Å²) in [4.78, 5) is 52.8. The van der Waals surface area contributed by atoms with Crippen molar-refractivity contribution < 1.29 is 33.4 Å². The van der Waals surface area contributed by atoms with E-state index in [9.17, 15) is 19.2 Å². The molecule has 206 valence electrons. The van der Waals surface area contributed by atoms with Gasteiger partial charge in [-0.15, -0.1) is 0 Å². The van der Waals surface area contributed by atoms with Crippen molar-refractivity contribution in [3.8, 4) is 11.5 Å². The Kier molecular flexibility index (Phi) is 9.44. The molecule has 1 unspecified atom stereocenters. The smallest absolute Gasteiger partial charge is 0.325 e. The number of nitrogens with zero attached hydrogens (tertiary/aromatic N) is 2. The van der Waals surface area contributed by atoms with E-state index < -0.39 is 36.3 Å². The minimum absolute atomic E-state index is 0.0873. The predicted octanol–water partition coefficient (Wildman–Crippen LogP) is 2.22. The number of aryl methyl sites for hydroxylation is 1. The summed E-state index contributed by atoms with van der Waals surface area (Å²) in [6.45, 7) is 3.11. The summed E-state index contributed by atoms with van der Waals surface area (Å²) in [7, 11) is 2.90. The minimum atomic E-state index is -1.33. The molecule has 3 rings (SSSR count). The van der Waals surface area contributed by atoms with Crippen LogP contribution in [0.15, 0.2) is 42.5 Å². The van der Waals surface area contributed by atoms with Crippen molar-refractivity contribution in [1.82, 2.24) is 9.69 Å². The number of carbonyl (C=O) groups excluding carboxylic acids is 4. The molecule has 0 aliphatic rings. The molecule has 0 radical (unpaired) electrons. The maximum atomic E-state index is 14.1. The van der Waals surface area contributed by atoms with Gasteiger partial charge in [0.15, 0.2) is 17.2 Å². The lowest BCUT2D eigenvalue weighted by atomic mass is 10.0. The van der Waals surface area contributed by atoms with Crippen molar-refractivity contribution >= 4 is 46.6 Å². The Morgan fingerprint density at radius 1 is 1.08 bits per heavy atom. The SMILES string of the molecule is CCOC(=O)CNC(=O)C(c1ccc(OC)c(OC)c1)N(C(=O)c1snc(C(N)=O)c1N)c1ccccc1C. The van der Waals surface area contributed by atoms with Crippen LogP contribution in [0, 0.1) is 6.92 Å². The molecule has 1 heterocycles. The number of nitrogens with two attached hydrogens (primary N) is 2. The van der Waals surface area contributed by atoms with Gasteiger partial charge in [0.2, 0.25) is 5.91 Å². The molecule has 0 spiro atoms. The van der Waals surface area contributed by atoms with Crippen molar-refractivity contribution in [1.29, 1.82) is 0 Å². The van der Waals surface area contributed by atoms with E-state index in [1.54, 1.807) is 56.3 Å². The number of anilines is 2. The first kappa shape index (κ1) is 28.9. The first-order valence-electron chi connectivity index (χ1n) is 11.7. The molecule has 2 aromatic carbocycles. The highest BCUT2D eigenvalue weighted by atomic mass is 32.1. The van der Waals surface area contributed by atoms with Crippen LogP contribution >= 0.6 is 11.5 Å². The highest BCUT2D eigenvalue weighted by molar-refractivity contribution is 7.09. The molecule has 0 aliphatic carbocycles. The number of nitrogens with one attached hydrogen (secondary N) is 1. The molecule has 0 aliphatic heterocycles. The summed E-state index contributed by atoms with van der Waals surface area (Å²) in [5.74, 6) is -2.23. The molecule has 13 heteroatoms. The monoisotopic (exact) mass is 555 g/mol. The largest absolute Gasteiger partial charge is 0.493 e. The zero-order valence-electron chi connectivity index (χ0n) is 21.8. The molecule has 3 amide bonds. The number of para-hydroxylation sites is 1. The van der Waals surface area contributed by atoms with Crippen LogP contribution in [0.4, 0.5) is 11.4 Å². The zero-order chi connectivity index (χ0) is 28.7. The fourth-order valence-corrected chi connectivity index (χ4v) is 4.59. The van der Waals surface area contributed by atoms with Gasteiger partial charge in [0.05, 0.1) is 26.5 Å². The van der Waals surface area contributed by atoms with Crippen LogP contribution in [0.3, 0.4) is 0 Å². The van der Waals surface area contributed by atoms with E-state index in [0.29, 0.717) is 39.8 Å². The van der Waals surface area contributed by atoms with Crippen LogP contribution in [-0.4, -0.2) is 55.4 Å². The number of nitrogen functional groups attached to an aromatic ring is 1. The standard InChI is InChI=1S/C26H29N5O7S/c1-5-38-19(32)13-29-25(34)22(15-10-11-17(36-3)18(12-15)37-4)31(16-9-7-6-8-14(16)2)26(35)23-20(27)21(24(28)33)30-39-23/h6-12,22H,5,13,27H2,1-4H3,(H2,28,33)(H,29,34). The second-order valence-corrected chi connectivity index (χ2v) is 8.91. The van der Waals surface area contributed by atoms with E-state index in [1.807, 2.05) is 0 Å². The molecule has 1 atom stereocenters. The van der Waals surface area contributed by atoms with Crippen molar-refractivity contribution in [3.63, 3.8) is 0 Å². The Morgan fingerprint density at radius 3 is 2.36 bits per heavy atom. The highest BCUT2D eigenvalue weighted by Gasteiger charge is 2.37. The Hall–Kier alpha value is -4.65. The lowest BCUT2D eigenvalue weighted by Gasteiger charge is -2.32. The number of ether oxygens (including phenoxy) is 3. The molecule has 39 heavy (non-hydrogen) atoms. The molecule has 1 aromatic heterocycles. The second-order valence-electron chi connectivity index (χ2n) is 8.14. The van der Waals surface area contributed by atoms with E-state index >= 15 is 0 Å². The molecular weight excluding hydrogens is 526 g/mol. The summed E-state index contributed by atoms with van der Waals surface area (Å²) in [5.41, 5.74) is 12.4. The van der Waals surface area contributed by atoms with Crippen LogP contribution < -0.4 is 31.2 Å². The van der Waals surface area contributed by atoms with Gasteiger partial charge >= 0.3 is 5.97 Å². The number of hydrogen-bond acceptors (Lipinski definition) is 10. The normalized spacial score (nSPS) is 11.3. The Balaban J connectivity index is 2.23. The number of methoxy groups -OCH3 is 2. The number of rotatable bonds is 11. The topological polar surface area (TPSA) is 176 Å². The van der Waals surface area contributed by atoms with Crippen LogP contribution in [0.5, 0.6) is 11.5 Å². The second kappa shape index (κ2) is 12.7. The van der Waals surface area contributed by atoms with E-state index in [0.717, 1.165) is 0 Å². The van der Waals surface area contributed by atoms with Gasteiger partial charge in [0.1, 0.15) is 17.5 Å². The van der Waals surface area contributed by atoms with Crippen molar-refractivity contribution in [3.05, 3.63) is 64.2 Å². The lowest BCUT2D eigenvalue weighted by molar-refractivity contribution is -0.143. The third-order valence-corrected chi connectivity index (χ3v) is 6.54. The number of hydrogen-bond donors (Lipinski definition) is 3. The van der Waals surface area contributed by atoms with Gasteiger partial charge in [-0.1, -0.05) is 24.3 Å². The third kappa shape index (κ3) is 6.26. The minimum Gasteiger partial charge on any atom is -0.493 e. The number of benzene rings is 2. The average molecular weight is 556 g/mol. The Bertz CT molecular complexity index is 1390. The van der Waals surface area contributed by atoms with Gasteiger partial charge in [-0.05, 0) is 54.7 Å². The van der Waals surface area contributed by atoms with Crippen LogP contribution in [0.25, 0.3) is 0 Å². The first-order valence-corrected chi connectivity index (χ1v) is 12.5. The number of primary amides is 1. The van der Waals surface area contributed by atoms with Gasteiger partial charge in [-0.25, -0.2) is 0 Å². The van der Waals surface area contributed by atoms with E-state index in [2.05, 4.69) is 9.69 Å². The van der Waals surface area contributed by atoms with Crippen molar-refractivity contribution in [2.45, 2.75) is 19.9 Å². The van der Waals surface area contributed by atoms with Crippen LogP contribution in [0.1, 0.15) is 44.3 Å². The zero-order valence-corrected chi connectivity index (χ0v) is 22.7. The molecule has 3 aromatic rings. The van der Waals surface area contributed by atoms with E-state index in [1.165, 1.54) is 19.1 Å². The van der Waals surface area contributed by atoms with Gasteiger partial charge < -0.3 is 31.0 Å². The highest BCUT2D eigenvalue weighted by Crippen LogP contribution is 2.37. The van der Waals surface area contributed by atoms with E-state index in [-0.39, 0.29) is 22.9 Å². The number of carbonyl (C=O) groups is 4. The first-order chi connectivity index (χ1) is 18.6. The molecular formula is C26H29N5O7S. The molecule has 0 saturated heterocycles. The Morgan fingerprint density at radius 2 is 1.77 bits per heavy atom. The molecule has 5 N–H and O–H groups in total. The number of esters is 1. The van der Waals surface area contributed by atoms with Gasteiger partial charge in [0.25, 0.3) is 11.8 Å². The number of amides is 3. The fourth-order valence-electron chi connectivity index (χ4n) is 3.85. The summed E-state index contributed by atoms with van der Waals surface area (Å²) in [6, 6.07) is 10.3. The van der Waals surface area contributed by atoms with Gasteiger partial charge in [0, 0.05) is 5.69 Å². The summed E-state index contributed by atoms with van der Waals surface area (Å²) in [6.07, 6.45) is 0. The third-order valence-electron chi connectivity index (χ3n) is 5.69. The lowest BCUT2D eigenvalue weighted by Crippen LogP contribution is -2.45. The number of aromatic nitrogens is 1. The maximum absolute atomic E-state index is 14.1. The molecule has 0 bridgehead atoms.